The van der Waals surface area contributed by atoms with Gasteiger partial charge in [-0.3, -0.25) is 5.01 Å². The summed E-state index contributed by atoms with van der Waals surface area (Å²) >= 11 is 0. The van der Waals surface area contributed by atoms with E-state index in [0.717, 1.165) is 0 Å². The second kappa shape index (κ2) is 1.96. The lowest BCUT2D eigenvalue weighted by Crippen LogP contribution is -2.47. The van der Waals surface area contributed by atoms with E-state index in [0.29, 0.717) is 12.3 Å². The van der Waals surface area contributed by atoms with Crippen LogP contribution in [0.4, 0.5) is 0 Å². The maximum absolute atomic E-state index is 8.63. The zero-order chi connectivity index (χ0) is 7.78. The van der Waals surface area contributed by atoms with Crippen molar-refractivity contribution in [2.45, 2.75) is 12.5 Å². The van der Waals surface area contributed by atoms with Gasteiger partial charge in [0.15, 0.2) is 5.54 Å². The maximum Gasteiger partial charge on any atom is 0.163 e. The average Bonchev–Trinajstić information content (AvgIpc) is 2.09. The fourth-order valence-corrected chi connectivity index (χ4v) is 0.972. The molecule has 0 spiro atoms. The molecule has 0 aromatic heterocycles. The summed E-state index contributed by atoms with van der Waals surface area (Å²) < 4.78 is 0. The average molecular weight is 138 g/mol. The summed E-state index contributed by atoms with van der Waals surface area (Å²) in [5.41, 5.74) is 5.50. The monoisotopic (exact) mass is 138 g/mol. The van der Waals surface area contributed by atoms with Crippen molar-refractivity contribution >= 4 is 5.71 Å². The molecular weight excluding hydrogens is 128 g/mol. The third kappa shape index (κ3) is 0.847. The molecule has 0 aromatic carbocycles. The fraction of sp³-hybridized carbons (Fsp3) is 0.667. The van der Waals surface area contributed by atoms with E-state index in [2.05, 4.69) is 5.10 Å². The van der Waals surface area contributed by atoms with Crippen molar-refractivity contribution in [3.63, 3.8) is 0 Å². The highest BCUT2D eigenvalue weighted by atomic mass is 15.5. The largest absolute Gasteiger partial charge is 0.307 e. The fourth-order valence-electron chi connectivity index (χ4n) is 0.972. The topological polar surface area (TPSA) is 65.4 Å². The van der Waals surface area contributed by atoms with Crippen molar-refractivity contribution in [3.8, 4) is 6.07 Å². The third-order valence-corrected chi connectivity index (χ3v) is 1.64. The molecule has 1 atom stereocenters. The third-order valence-electron chi connectivity index (χ3n) is 1.64. The van der Waals surface area contributed by atoms with Gasteiger partial charge in [-0.2, -0.15) is 10.4 Å². The van der Waals surface area contributed by atoms with Gasteiger partial charge in [0.05, 0.1) is 18.3 Å². The second-order valence-electron chi connectivity index (χ2n) is 2.58. The normalized spacial score (nSPS) is 31.8. The predicted molar refractivity (Wildman–Crippen MR) is 38.3 cm³/mol. The van der Waals surface area contributed by atoms with Crippen LogP contribution >= 0.6 is 0 Å². The molecule has 54 valence electrons. The van der Waals surface area contributed by atoms with Crippen LogP contribution in [-0.2, 0) is 0 Å². The zero-order valence-corrected chi connectivity index (χ0v) is 6.13. The van der Waals surface area contributed by atoms with Crippen LogP contribution in [0.15, 0.2) is 5.10 Å². The van der Waals surface area contributed by atoms with Crippen molar-refractivity contribution in [2.75, 3.05) is 13.6 Å². The number of hydrogen-bond donors (Lipinski definition) is 1. The van der Waals surface area contributed by atoms with Crippen molar-refractivity contribution in [1.82, 2.24) is 5.01 Å². The Labute approximate surface area is 59.9 Å². The van der Waals surface area contributed by atoms with Crippen molar-refractivity contribution in [2.24, 2.45) is 10.8 Å². The molecule has 0 saturated heterocycles. The molecule has 2 N–H and O–H groups in total. The first-order chi connectivity index (χ1) is 4.58. The van der Waals surface area contributed by atoms with Crippen LogP contribution in [0.3, 0.4) is 0 Å². The number of hydrazone groups is 1. The van der Waals surface area contributed by atoms with Gasteiger partial charge in [0.2, 0.25) is 0 Å². The standard InChI is InChI=1S/C6H10N4/c1-5-6(8,3-7)4-10(2)9-5/h4,8H2,1-2H3. The second-order valence-corrected chi connectivity index (χ2v) is 2.58. The molecule has 0 saturated carbocycles. The van der Waals surface area contributed by atoms with E-state index in [1.807, 2.05) is 6.07 Å². The van der Waals surface area contributed by atoms with Gasteiger partial charge in [-0.15, -0.1) is 0 Å². The number of hydrogen-bond acceptors (Lipinski definition) is 4. The van der Waals surface area contributed by atoms with Crippen molar-refractivity contribution < 1.29 is 0 Å². The van der Waals surface area contributed by atoms with Gasteiger partial charge in [0, 0.05) is 7.05 Å². The summed E-state index contributed by atoms with van der Waals surface area (Å²) in [6.07, 6.45) is 0. The molecule has 0 aliphatic carbocycles. The molecule has 1 rings (SSSR count). The van der Waals surface area contributed by atoms with Crippen LogP contribution in [-0.4, -0.2) is 29.9 Å². The van der Waals surface area contributed by atoms with Gasteiger partial charge in [-0.05, 0) is 6.92 Å². The lowest BCUT2D eigenvalue weighted by molar-refractivity contribution is 0.363. The molecule has 4 nitrogen and oxygen atoms in total. The zero-order valence-electron chi connectivity index (χ0n) is 6.13. The number of nitrogens with zero attached hydrogens (tertiary/aromatic N) is 3. The molecule has 1 heterocycles. The molecule has 4 heteroatoms. The van der Waals surface area contributed by atoms with E-state index < -0.39 is 5.54 Å². The minimum absolute atomic E-state index is 0.495. The highest BCUT2D eigenvalue weighted by Gasteiger charge is 2.35. The van der Waals surface area contributed by atoms with Crippen LogP contribution in [0, 0.1) is 11.3 Å². The highest BCUT2D eigenvalue weighted by Crippen LogP contribution is 2.12. The summed E-state index contributed by atoms with van der Waals surface area (Å²) in [5, 5.41) is 14.3. The molecule has 0 bridgehead atoms. The van der Waals surface area contributed by atoms with Gasteiger partial charge in [-0.25, -0.2) is 0 Å². The van der Waals surface area contributed by atoms with Gasteiger partial charge >= 0.3 is 0 Å². The van der Waals surface area contributed by atoms with Crippen LogP contribution in [0.1, 0.15) is 6.92 Å². The molecule has 0 fully saturated rings. The SMILES string of the molecule is CC1=NN(C)CC1(N)C#N. The van der Waals surface area contributed by atoms with E-state index >= 15 is 0 Å². The summed E-state index contributed by atoms with van der Waals surface area (Å²) in [4.78, 5) is 0. The number of nitrogens with two attached hydrogens (primary N) is 1. The van der Waals surface area contributed by atoms with Gasteiger partial charge in [0.25, 0.3) is 0 Å². The minimum atomic E-state index is -0.852. The number of rotatable bonds is 0. The Morgan fingerprint density at radius 1 is 1.90 bits per heavy atom. The Morgan fingerprint density at radius 3 is 2.70 bits per heavy atom. The highest BCUT2D eigenvalue weighted by molar-refractivity contribution is 5.95. The maximum atomic E-state index is 8.63. The van der Waals surface area contributed by atoms with Gasteiger partial charge in [0.1, 0.15) is 0 Å². The quantitative estimate of drug-likeness (QED) is 0.492. The Bertz CT molecular complexity index is 214. The first-order valence-electron chi connectivity index (χ1n) is 3.05. The van der Waals surface area contributed by atoms with Crippen LogP contribution in [0.2, 0.25) is 0 Å². The van der Waals surface area contributed by atoms with E-state index in [1.165, 1.54) is 0 Å². The number of nitriles is 1. The van der Waals surface area contributed by atoms with Crippen LogP contribution in [0.5, 0.6) is 0 Å². The lowest BCUT2D eigenvalue weighted by Gasteiger charge is -2.13. The Morgan fingerprint density at radius 2 is 2.50 bits per heavy atom. The first kappa shape index (κ1) is 7.03. The van der Waals surface area contributed by atoms with E-state index in [1.54, 1.807) is 19.0 Å². The summed E-state index contributed by atoms with van der Waals surface area (Å²) in [6.45, 7) is 2.27. The van der Waals surface area contributed by atoms with Crippen LogP contribution < -0.4 is 5.73 Å². The van der Waals surface area contributed by atoms with Crippen molar-refractivity contribution in [3.05, 3.63) is 0 Å². The van der Waals surface area contributed by atoms with E-state index in [4.69, 9.17) is 11.0 Å². The van der Waals surface area contributed by atoms with Gasteiger partial charge in [-0.1, -0.05) is 0 Å². The smallest absolute Gasteiger partial charge is 0.163 e. The Kier molecular flexibility index (Phi) is 1.38. The summed E-state index contributed by atoms with van der Waals surface area (Å²) in [6, 6.07) is 2.03. The van der Waals surface area contributed by atoms with Gasteiger partial charge < -0.3 is 5.73 Å². The Balaban J connectivity index is 2.89. The predicted octanol–water partition coefficient (Wildman–Crippen LogP) is -0.471. The van der Waals surface area contributed by atoms with Crippen LogP contribution in [0.25, 0.3) is 0 Å². The summed E-state index contributed by atoms with van der Waals surface area (Å²) in [7, 11) is 1.80. The molecule has 0 aromatic rings. The molecule has 0 amide bonds. The molecule has 1 aliphatic heterocycles. The molecule has 1 aliphatic rings. The minimum Gasteiger partial charge on any atom is -0.307 e. The summed E-state index contributed by atoms with van der Waals surface area (Å²) in [5.74, 6) is 0. The molecule has 1 unspecified atom stereocenters. The van der Waals surface area contributed by atoms with Crippen molar-refractivity contribution in [1.29, 1.82) is 5.26 Å². The lowest BCUT2D eigenvalue weighted by atomic mass is 9.99. The molecule has 10 heavy (non-hydrogen) atoms. The molecule has 0 radical (unpaired) electrons. The van der Waals surface area contributed by atoms with E-state index in [-0.39, 0.29) is 0 Å². The van der Waals surface area contributed by atoms with E-state index in [9.17, 15) is 0 Å². The number of likely N-dealkylation sites (N-methyl/N-ethyl adjacent to an activating group) is 1. The Hall–Kier alpha value is -1.08. The molecular formula is C6H10N4. The first-order valence-corrected chi connectivity index (χ1v) is 3.05.